The molecule has 6 nitrogen and oxygen atoms in total. The highest BCUT2D eigenvalue weighted by molar-refractivity contribution is 5.78. The number of hydrogen-bond acceptors (Lipinski definition) is 5. The molecule has 0 aliphatic carbocycles. The molecule has 1 aliphatic heterocycles. The van der Waals surface area contributed by atoms with Crippen molar-refractivity contribution >= 4 is 5.91 Å². The minimum atomic E-state index is 0.0206. The summed E-state index contributed by atoms with van der Waals surface area (Å²) in [5.74, 6) is 1.85. The molecule has 128 valence electrons. The Morgan fingerprint density at radius 2 is 2.17 bits per heavy atom. The summed E-state index contributed by atoms with van der Waals surface area (Å²) < 4.78 is 5.42. The molecule has 6 heteroatoms. The number of carbonyl (C=O) groups excluding carboxylic acids is 1. The molecule has 1 atom stereocenters. The summed E-state index contributed by atoms with van der Waals surface area (Å²) in [5.41, 5.74) is 2.67. The van der Waals surface area contributed by atoms with Crippen LogP contribution >= 0.6 is 0 Å². The van der Waals surface area contributed by atoms with Crippen molar-refractivity contribution in [3.63, 3.8) is 0 Å². The molecule has 0 unspecified atom stereocenters. The van der Waals surface area contributed by atoms with Gasteiger partial charge in [-0.3, -0.25) is 4.79 Å². The van der Waals surface area contributed by atoms with E-state index in [1.54, 1.807) is 6.20 Å². The van der Waals surface area contributed by atoms with Crippen molar-refractivity contribution in [3.05, 3.63) is 29.5 Å². The van der Waals surface area contributed by atoms with Gasteiger partial charge in [0.25, 0.3) is 0 Å². The summed E-state index contributed by atoms with van der Waals surface area (Å²) in [5, 5.41) is 3.97. The average Bonchev–Trinajstić information content (AvgIpc) is 3.00. The van der Waals surface area contributed by atoms with Gasteiger partial charge in [0, 0.05) is 37.2 Å². The topological polar surface area (TPSA) is 72.1 Å². The van der Waals surface area contributed by atoms with Crippen LogP contribution in [0.15, 0.2) is 16.8 Å². The molecular weight excluding hydrogens is 304 g/mol. The van der Waals surface area contributed by atoms with Gasteiger partial charge in [0.15, 0.2) is 5.76 Å². The standard InChI is InChI=1S/C18H24N4O2/c1-11(2)18(23)22-7-5-6-14(10-22)17-15(9-19-13(4)20-17)16-8-12(3)21-24-16/h8-9,11,14H,5-7,10H2,1-4H3/t14-/m0/s1. The third-order valence-corrected chi connectivity index (χ3v) is 4.45. The Morgan fingerprint density at radius 3 is 2.83 bits per heavy atom. The van der Waals surface area contributed by atoms with E-state index in [0.717, 1.165) is 42.2 Å². The first-order valence-corrected chi connectivity index (χ1v) is 8.51. The predicted octanol–water partition coefficient (Wildman–Crippen LogP) is 3.11. The normalized spacial score (nSPS) is 18.2. The summed E-state index contributed by atoms with van der Waals surface area (Å²) in [6.07, 6.45) is 3.81. The van der Waals surface area contributed by atoms with Gasteiger partial charge in [-0.2, -0.15) is 0 Å². The van der Waals surface area contributed by atoms with E-state index in [-0.39, 0.29) is 17.7 Å². The molecule has 1 aliphatic rings. The van der Waals surface area contributed by atoms with E-state index in [9.17, 15) is 4.79 Å². The summed E-state index contributed by atoms with van der Waals surface area (Å²) in [6, 6.07) is 1.90. The van der Waals surface area contributed by atoms with Gasteiger partial charge in [0.1, 0.15) is 5.82 Å². The zero-order valence-corrected chi connectivity index (χ0v) is 14.7. The van der Waals surface area contributed by atoms with E-state index in [1.165, 1.54) is 0 Å². The van der Waals surface area contributed by atoms with Crippen molar-refractivity contribution in [2.45, 2.75) is 46.5 Å². The Balaban J connectivity index is 1.93. The first-order valence-electron chi connectivity index (χ1n) is 8.51. The molecule has 0 bridgehead atoms. The van der Waals surface area contributed by atoms with Gasteiger partial charge < -0.3 is 9.42 Å². The lowest BCUT2D eigenvalue weighted by molar-refractivity contribution is -0.135. The van der Waals surface area contributed by atoms with Crippen molar-refractivity contribution in [1.82, 2.24) is 20.0 Å². The average molecular weight is 328 g/mol. The van der Waals surface area contributed by atoms with Gasteiger partial charge in [-0.1, -0.05) is 19.0 Å². The molecule has 2 aromatic heterocycles. The van der Waals surface area contributed by atoms with Crippen LogP contribution < -0.4 is 0 Å². The second-order valence-corrected chi connectivity index (χ2v) is 6.83. The second kappa shape index (κ2) is 6.71. The zero-order chi connectivity index (χ0) is 17.3. The quantitative estimate of drug-likeness (QED) is 0.865. The minimum absolute atomic E-state index is 0.0206. The molecule has 3 heterocycles. The molecule has 1 amide bonds. The lowest BCUT2D eigenvalue weighted by Crippen LogP contribution is -2.41. The third-order valence-electron chi connectivity index (χ3n) is 4.45. The van der Waals surface area contributed by atoms with Gasteiger partial charge in [0.2, 0.25) is 5.91 Å². The molecule has 1 fully saturated rings. The number of hydrogen-bond donors (Lipinski definition) is 0. The Bertz CT molecular complexity index is 738. The number of amides is 1. The monoisotopic (exact) mass is 328 g/mol. The third kappa shape index (κ3) is 3.32. The molecule has 2 aromatic rings. The van der Waals surface area contributed by atoms with Crippen LogP contribution in [0.5, 0.6) is 0 Å². The summed E-state index contributed by atoms with van der Waals surface area (Å²) in [4.78, 5) is 23.3. The second-order valence-electron chi connectivity index (χ2n) is 6.83. The van der Waals surface area contributed by atoms with E-state index in [2.05, 4.69) is 15.1 Å². The fourth-order valence-electron chi connectivity index (χ4n) is 3.24. The van der Waals surface area contributed by atoms with Crippen LogP contribution in [0.3, 0.4) is 0 Å². The van der Waals surface area contributed by atoms with Crippen molar-refractivity contribution < 1.29 is 9.32 Å². The van der Waals surface area contributed by atoms with Gasteiger partial charge in [-0.05, 0) is 26.7 Å². The van der Waals surface area contributed by atoms with Crippen molar-refractivity contribution in [1.29, 1.82) is 0 Å². The fraction of sp³-hybridized carbons (Fsp3) is 0.556. The highest BCUT2D eigenvalue weighted by Gasteiger charge is 2.29. The molecule has 0 saturated carbocycles. The first-order chi connectivity index (χ1) is 11.5. The van der Waals surface area contributed by atoms with Crippen LogP contribution in [0.4, 0.5) is 0 Å². The van der Waals surface area contributed by atoms with Gasteiger partial charge in [0.05, 0.1) is 17.0 Å². The molecule has 3 rings (SSSR count). The summed E-state index contributed by atoms with van der Waals surface area (Å²) in [6.45, 7) is 9.21. The maximum atomic E-state index is 12.4. The Hall–Kier alpha value is -2.24. The smallest absolute Gasteiger partial charge is 0.225 e. The van der Waals surface area contributed by atoms with E-state index in [4.69, 9.17) is 4.52 Å². The largest absolute Gasteiger partial charge is 0.356 e. The molecule has 0 N–H and O–H groups in total. The van der Waals surface area contributed by atoms with Gasteiger partial charge in [-0.15, -0.1) is 0 Å². The molecular formula is C18H24N4O2. The number of rotatable bonds is 3. The number of piperidine rings is 1. The fourth-order valence-corrected chi connectivity index (χ4v) is 3.24. The Morgan fingerprint density at radius 1 is 1.38 bits per heavy atom. The van der Waals surface area contributed by atoms with Crippen LogP contribution in [0, 0.1) is 19.8 Å². The lowest BCUT2D eigenvalue weighted by Gasteiger charge is -2.34. The maximum absolute atomic E-state index is 12.4. The zero-order valence-electron chi connectivity index (χ0n) is 14.7. The number of aryl methyl sites for hydroxylation is 2. The number of carbonyl (C=O) groups is 1. The van der Waals surface area contributed by atoms with E-state index in [0.29, 0.717) is 12.3 Å². The van der Waals surface area contributed by atoms with Crippen molar-refractivity contribution in [2.75, 3.05) is 13.1 Å². The lowest BCUT2D eigenvalue weighted by atomic mass is 9.90. The first kappa shape index (κ1) is 16.6. The summed E-state index contributed by atoms with van der Waals surface area (Å²) in [7, 11) is 0. The maximum Gasteiger partial charge on any atom is 0.225 e. The molecule has 24 heavy (non-hydrogen) atoms. The highest BCUT2D eigenvalue weighted by Crippen LogP contribution is 2.33. The summed E-state index contributed by atoms with van der Waals surface area (Å²) >= 11 is 0. The highest BCUT2D eigenvalue weighted by atomic mass is 16.5. The van der Waals surface area contributed by atoms with E-state index >= 15 is 0 Å². The molecule has 1 saturated heterocycles. The number of aromatic nitrogens is 3. The van der Waals surface area contributed by atoms with Crippen LogP contribution in [-0.2, 0) is 4.79 Å². The number of nitrogens with zero attached hydrogens (tertiary/aromatic N) is 4. The van der Waals surface area contributed by atoms with Crippen LogP contribution in [-0.4, -0.2) is 39.0 Å². The van der Waals surface area contributed by atoms with Crippen LogP contribution in [0.2, 0.25) is 0 Å². The molecule has 0 aromatic carbocycles. The van der Waals surface area contributed by atoms with Gasteiger partial charge in [-0.25, -0.2) is 9.97 Å². The minimum Gasteiger partial charge on any atom is -0.356 e. The van der Waals surface area contributed by atoms with Crippen LogP contribution in [0.1, 0.15) is 49.8 Å². The van der Waals surface area contributed by atoms with Gasteiger partial charge >= 0.3 is 0 Å². The Labute approximate surface area is 142 Å². The predicted molar refractivity (Wildman–Crippen MR) is 90.4 cm³/mol. The Kier molecular flexibility index (Phi) is 4.64. The van der Waals surface area contributed by atoms with Crippen LogP contribution in [0.25, 0.3) is 11.3 Å². The van der Waals surface area contributed by atoms with Crippen molar-refractivity contribution in [2.24, 2.45) is 5.92 Å². The number of likely N-dealkylation sites (tertiary alicyclic amines) is 1. The molecule has 0 spiro atoms. The van der Waals surface area contributed by atoms with E-state index < -0.39 is 0 Å². The van der Waals surface area contributed by atoms with Crippen molar-refractivity contribution in [3.8, 4) is 11.3 Å². The molecule has 0 radical (unpaired) electrons. The van der Waals surface area contributed by atoms with E-state index in [1.807, 2.05) is 38.7 Å². The SMILES string of the molecule is Cc1cc(-c2cnc(C)nc2[C@H]2CCCN(C(=O)C(C)C)C2)on1.